The van der Waals surface area contributed by atoms with Gasteiger partial charge in [0, 0.05) is 12.8 Å². The number of amides is 1. The molecule has 0 rings (SSSR count). The van der Waals surface area contributed by atoms with Crippen molar-refractivity contribution in [2.45, 2.75) is 321 Å². The number of allylic oxidation sites excluding steroid dienone is 8. The number of hydrogen-bond donors (Lipinski definition) is 3. The topological polar surface area (TPSA) is 95.9 Å². The number of aliphatic hydroxyl groups is 2. The second-order valence-electron chi connectivity index (χ2n) is 20.3. The fraction of sp³-hybridized carbons (Fsp3) is 0.839. The average molecular weight is 955 g/mol. The van der Waals surface area contributed by atoms with Crippen LogP contribution in [0.1, 0.15) is 309 Å². The van der Waals surface area contributed by atoms with E-state index in [0.29, 0.717) is 25.9 Å². The smallest absolute Gasteiger partial charge is 0.305 e. The van der Waals surface area contributed by atoms with Gasteiger partial charge >= 0.3 is 5.97 Å². The van der Waals surface area contributed by atoms with Crippen molar-refractivity contribution >= 4 is 11.9 Å². The molecule has 0 fully saturated rings. The van der Waals surface area contributed by atoms with Crippen molar-refractivity contribution < 1.29 is 24.5 Å². The van der Waals surface area contributed by atoms with Crippen molar-refractivity contribution in [3.05, 3.63) is 48.6 Å². The van der Waals surface area contributed by atoms with E-state index in [9.17, 15) is 19.8 Å². The van der Waals surface area contributed by atoms with Crippen LogP contribution < -0.4 is 5.32 Å². The molecular formula is C62H115NO5. The molecule has 3 N–H and O–H groups in total. The fourth-order valence-corrected chi connectivity index (χ4v) is 8.99. The molecule has 0 aromatic rings. The van der Waals surface area contributed by atoms with Crippen LogP contribution in [0.4, 0.5) is 0 Å². The number of aliphatic hydroxyl groups excluding tert-OH is 2. The van der Waals surface area contributed by atoms with Crippen LogP contribution in [-0.2, 0) is 14.3 Å². The number of rotatable bonds is 55. The summed E-state index contributed by atoms with van der Waals surface area (Å²) in [5.41, 5.74) is 0. The van der Waals surface area contributed by atoms with Gasteiger partial charge in [0.1, 0.15) is 0 Å². The van der Waals surface area contributed by atoms with Crippen molar-refractivity contribution in [3.63, 3.8) is 0 Å². The first kappa shape index (κ1) is 65.8. The van der Waals surface area contributed by atoms with Gasteiger partial charge in [-0.2, -0.15) is 0 Å². The summed E-state index contributed by atoms with van der Waals surface area (Å²) in [5, 5.41) is 23.3. The number of ether oxygens (including phenoxy) is 1. The van der Waals surface area contributed by atoms with E-state index in [1.54, 1.807) is 0 Å². The van der Waals surface area contributed by atoms with Crippen LogP contribution in [0.25, 0.3) is 0 Å². The summed E-state index contributed by atoms with van der Waals surface area (Å²) in [6.07, 6.45) is 72.5. The SMILES string of the molecule is CCCCC/C=C\C/C=C\CCCCCCCCCCCC(=O)OCCCCC/C=C\C/C=C\CCCCCCCCCC(=O)NC(CO)C(O)CCCCCCCCCCCCCCCCC. The van der Waals surface area contributed by atoms with Crippen molar-refractivity contribution in [2.75, 3.05) is 13.2 Å². The Morgan fingerprint density at radius 3 is 1.15 bits per heavy atom. The third kappa shape index (κ3) is 53.2. The second kappa shape index (κ2) is 57.4. The summed E-state index contributed by atoms with van der Waals surface area (Å²) in [4.78, 5) is 24.6. The molecule has 1 amide bonds. The zero-order valence-electron chi connectivity index (χ0n) is 45.3. The summed E-state index contributed by atoms with van der Waals surface area (Å²) in [6.45, 7) is 4.89. The highest BCUT2D eigenvalue weighted by molar-refractivity contribution is 5.76. The van der Waals surface area contributed by atoms with Crippen LogP contribution in [0.15, 0.2) is 48.6 Å². The lowest BCUT2D eigenvalue weighted by Crippen LogP contribution is -2.45. The van der Waals surface area contributed by atoms with Gasteiger partial charge in [-0.3, -0.25) is 9.59 Å². The lowest BCUT2D eigenvalue weighted by atomic mass is 10.0. The van der Waals surface area contributed by atoms with Crippen LogP contribution in [0.3, 0.4) is 0 Å². The zero-order chi connectivity index (χ0) is 49.3. The quantitative estimate of drug-likeness (QED) is 0.0321. The van der Waals surface area contributed by atoms with Crippen molar-refractivity contribution in [1.29, 1.82) is 0 Å². The molecule has 2 unspecified atom stereocenters. The molecule has 0 saturated carbocycles. The average Bonchev–Trinajstić information content (AvgIpc) is 3.34. The largest absolute Gasteiger partial charge is 0.466 e. The van der Waals surface area contributed by atoms with E-state index in [1.807, 2.05) is 0 Å². The maximum absolute atomic E-state index is 12.5. The first-order valence-electron chi connectivity index (χ1n) is 29.9. The molecule has 0 aliphatic carbocycles. The molecule has 6 heteroatoms. The van der Waals surface area contributed by atoms with Crippen LogP contribution in [-0.4, -0.2) is 47.4 Å². The molecule has 398 valence electrons. The van der Waals surface area contributed by atoms with Crippen molar-refractivity contribution in [2.24, 2.45) is 0 Å². The Kier molecular flexibility index (Phi) is 55.6. The van der Waals surface area contributed by atoms with Crippen molar-refractivity contribution in [1.82, 2.24) is 5.32 Å². The predicted molar refractivity (Wildman–Crippen MR) is 296 cm³/mol. The summed E-state index contributed by atoms with van der Waals surface area (Å²) in [6, 6.07) is -0.555. The van der Waals surface area contributed by atoms with E-state index in [1.165, 1.54) is 186 Å². The maximum atomic E-state index is 12.5. The highest BCUT2D eigenvalue weighted by Crippen LogP contribution is 2.17. The van der Waals surface area contributed by atoms with E-state index in [2.05, 4.69) is 67.8 Å². The Labute approximate surface area is 423 Å². The minimum atomic E-state index is -0.676. The zero-order valence-corrected chi connectivity index (χ0v) is 45.3. The van der Waals surface area contributed by atoms with E-state index >= 15 is 0 Å². The Bertz CT molecular complexity index is 1150. The molecule has 2 atom stereocenters. The Hall–Kier alpha value is -2.18. The number of carbonyl (C=O) groups is 2. The van der Waals surface area contributed by atoms with Crippen LogP contribution in [0.5, 0.6) is 0 Å². The lowest BCUT2D eigenvalue weighted by molar-refractivity contribution is -0.143. The third-order valence-corrected chi connectivity index (χ3v) is 13.6. The van der Waals surface area contributed by atoms with E-state index in [0.717, 1.165) is 89.9 Å². The van der Waals surface area contributed by atoms with Gasteiger partial charge in [-0.05, 0) is 96.3 Å². The Morgan fingerprint density at radius 1 is 0.412 bits per heavy atom. The minimum absolute atomic E-state index is 0.0194. The fourth-order valence-electron chi connectivity index (χ4n) is 8.99. The van der Waals surface area contributed by atoms with E-state index in [-0.39, 0.29) is 18.5 Å². The number of nitrogens with one attached hydrogen (secondary N) is 1. The van der Waals surface area contributed by atoms with Gasteiger partial charge in [0.2, 0.25) is 5.91 Å². The standard InChI is InChI=1S/C62H115NO5/c1-3-5-7-9-11-13-15-17-19-20-21-24-28-32-36-40-44-48-52-56-62(67)68-57-53-49-45-41-37-33-29-25-22-23-27-31-35-39-43-47-51-55-61(66)63-59(58-64)60(65)54-50-46-42-38-34-30-26-18-16-14-12-10-8-6-4-2/h11,13,17,19,22,25,33,37,59-60,64-65H,3-10,12,14-16,18,20-21,23-24,26-32,34-36,38-58H2,1-2H3,(H,63,66)/b13-11-,19-17-,25-22-,37-33-. The summed E-state index contributed by atoms with van der Waals surface area (Å²) in [7, 11) is 0. The van der Waals surface area contributed by atoms with Gasteiger partial charge in [0.15, 0.2) is 0 Å². The first-order chi connectivity index (χ1) is 33.5. The highest BCUT2D eigenvalue weighted by atomic mass is 16.5. The predicted octanol–water partition coefficient (Wildman–Crippen LogP) is 18.6. The third-order valence-electron chi connectivity index (χ3n) is 13.6. The van der Waals surface area contributed by atoms with E-state index < -0.39 is 12.1 Å². The molecule has 0 aromatic heterocycles. The van der Waals surface area contributed by atoms with Gasteiger partial charge < -0.3 is 20.3 Å². The molecule has 0 spiro atoms. The number of hydrogen-bond acceptors (Lipinski definition) is 5. The Morgan fingerprint density at radius 2 is 0.735 bits per heavy atom. The molecule has 0 aliphatic heterocycles. The van der Waals surface area contributed by atoms with Gasteiger partial charge in [0.05, 0.1) is 25.4 Å². The van der Waals surface area contributed by atoms with Gasteiger partial charge in [0.25, 0.3) is 0 Å². The minimum Gasteiger partial charge on any atom is -0.466 e. The van der Waals surface area contributed by atoms with Gasteiger partial charge in [-0.1, -0.05) is 249 Å². The van der Waals surface area contributed by atoms with Crippen LogP contribution >= 0.6 is 0 Å². The summed E-state index contributed by atoms with van der Waals surface area (Å²) < 4.78 is 5.47. The Balaban J connectivity index is 3.49. The number of esters is 1. The molecule has 0 radical (unpaired) electrons. The molecular weight excluding hydrogens is 839 g/mol. The second-order valence-corrected chi connectivity index (χ2v) is 20.3. The van der Waals surface area contributed by atoms with Gasteiger partial charge in [-0.15, -0.1) is 0 Å². The molecule has 0 heterocycles. The highest BCUT2D eigenvalue weighted by Gasteiger charge is 2.20. The van der Waals surface area contributed by atoms with Gasteiger partial charge in [-0.25, -0.2) is 0 Å². The maximum Gasteiger partial charge on any atom is 0.305 e. The summed E-state index contributed by atoms with van der Waals surface area (Å²) >= 11 is 0. The van der Waals surface area contributed by atoms with Crippen LogP contribution in [0.2, 0.25) is 0 Å². The van der Waals surface area contributed by atoms with E-state index in [4.69, 9.17) is 4.74 Å². The molecule has 0 saturated heterocycles. The molecule has 0 aromatic carbocycles. The number of unbranched alkanes of at least 4 members (excludes halogenated alkanes) is 36. The molecule has 0 aliphatic rings. The molecule has 68 heavy (non-hydrogen) atoms. The monoisotopic (exact) mass is 954 g/mol. The lowest BCUT2D eigenvalue weighted by Gasteiger charge is -2.22. The first-order valence-corrected chi connectivity index (χ1v) is 29.9. The molecule has 6 nitrogen and oxygen atoms in total. The molecule has 0 bridgehead atoms. The summed E-state index contributed by atoms with van der Waals surface area (Å²) in [5.74, 6) is -0.0703. The van der Waals surface area contributed by atoms with Crippen molar-refractivity contribution in [3.8, 4) is 0 Å². The normalized spacial score (nSPS) is 12.9. The number of carbonyl (C=O) groups excluding carboxylic acids is 2. The van der Waals surface area contributed by atoms with Crippen LogP contribution in [0, 0.1) is 0 Å².